The number of pyridine rings is 1. The van der Waals surface area contributed by atoms with Crippen molar-refractivity contribution in [3.8, 4) is 5.88 Å². The minimum atomic E-state index is -4.47. The van der Waals surface area contributed by atoms with Crippen molar-refractivity contribution in [1.82, 2.24) is 14.8 Å². The lowest BCUT2D eigenvalue weighted by molar-refractivity contribution is -0.137. The van der Waals surface area contributed by atoms with Crippen LogP contribution >= 0.6 is 0 Å². The summed E-state index contributed by atoms with van der Waals surface area (Å²) in [6, 6.07) is 5.01. The van der Waals surface area contributed by atoms with E-state index in [2.05, 4.69) is 16.4 Å². The quantitative estimate of drug-likeness (QED) is 0.529. The lowest BCUT2D eigenvalue weighted by Crippen LogP contribution is -2.50. The molecule has 3 atom stereocenters. The molecule has 3 amide bonds. The molecule has 4 rings (SSSR count). The number of ether oxygens (including phenoxy) is 1. The van der Waals surface area contributed by atoms with Crippen LogP contribution in [0, 0.1) is 5.92 Å². The molecule has 0 fully saturated rings. The number of anilines is 1. The average molecular weight is 547 g/mol. The number of likely N-dealkylation sites (N-methyl/N-ethyl adjacent to an activating group) is 1. The summed E-state index contributed by atoms with van der Waals surface area (Å²) in [6.45, 7) is 3.84. The summed E-state index contributed by atoms with van der Waals surface area (Å²) in [5.41, 5.74) is 1.71. The van der Waals surface area contributed by atoms with Gasteiger partial charge < -0.3 is 25.0 Å². The van der Waals surface area contributed by atoms with Crippen molar-refractivity contribution in [3.63, 3.8) is 0 Å². The average Bonchev–Trinajstić information content (AvgIpc) is 3.45. The molecular formula is C28H33F3N4O4. The van der Waals surface area contributed by atoms with Crippen molar-refractivity contribution in [2.45, 2.75) is 51.4 Å². The van der Waals surface area contributed by atoms with Crippen molar-refractivity contribution in [1.29, 1.82) is 0 Å². The van der Waals surface area contributed by atoms with Crippen LogP contribution in [0.3, 0.4) is 0 Å². The molecule has 0 bridgehead atoms. The minimum Gasteiger partial charge on any atom is -0.472 e. The van der Waals surface area contributed by atoms with Gasteiger partial charge in [0.1, 0.15) is 11.7 Å². The summed E-state index contributed by atoms with van der Waals surface area (Å²) in [7, 11) is 1.55. The lowest BCUT2D eigenvalue weighted by atomic mass is 9.99. The Kier molecular flexibility index (Phi) is 8.48. The first-order chi connectivity index (χ1) is 18.5. The number of carbonyl (C=O) groups is 2. The number of rotatable bonds is 6. The molecule has 0 radical (unpaired) electrons. The van der Waals surface area contributed by atoms with Crippen LogP contribution in [0.15, 0.2) is 42.6 Å². The maximum atomic E-state index is 13.6. The van der Waals surface area contributed by atoms with Crippen LogP contribution in [-0.4, -0.2) is 70.7 Å². The van der Waals surface area contributed by atoms with Crippen molar-refractivity contribution in [2.24, 2.45) is 5.92 Å². The molecule has 11 heteroatoms. The van der Waals surface area contributed by atoms with Gasteiger partial charge in [-0.15, -0.1) is 0 Å². The molecule has 1 aromatic heterocycles. The van der Waals surface area contributed by atoms with Gasteiger partial charge in [0, 0.05) is 31.4 Å². The molecule has 0 unspecified atom stereocenters. The number of aromatic nitrogens is 1. The van der Waals surface area contributed by atoms with Crippen LogP contribution in [0.4, 0.5) is 23.7 Å². The number of allylic oxidation sites excluding steroid dienone is 2. The van der Waals surface area contributed by atoms with Gasteiger partial charge in [-0.05, 0) is 67.7 Å². The summed E-state index contributed by atoms with van der Waals surface area (Å²) in [5.74, 6) is -0.361. The maximum absolute atomic E-state index is 13.6. The van der Waals surface area contributed by atoms with Crippen LogP contribution < -0.4 is 10.1 Å². The Morgan fingerprint density at radius 2 is 2.03 bits per heavy atom. The number of hydrogen-bond donors (Lipinski definition) is 2. The fourth-order valence-corrected chi connectivity index (χ4v) is 4.74. The van der Waals surface area contributed by atoms with Crippen molar-refractivity contribution in [3.05, 3.63) is 59.3 Å². The standard InChI is InChI=1S/C28H33F3N4O4/c1-17-14-35(18(2)16-36)26(37)23-12-20(19-6-4-5-7-19)13-32-25(23)39-24(17)15-34(3)27(38)33-22-10-8-21(9-11-22)28(29,30)31/h6,8-13,17-18,24,36H,4-5,7,14-16H2,1-3H3,(H,33,38)/t17-,18+,24+/m0/s1. The number of fused-ring (bicyclic) bond motifs is 1. The maximum Gasteiger partial charge on any atom is 0.416 e. The molecule has 2 heterocycles. The van der Waals surface area contributed by atoms with Gasteiger partial charge in [-0.2, -0.15) is 13.2 Å². The highest BCUT2D eigenvalue weighted by atomic mass is 19.4. The summed E-state index contributed by atoms with van der Waals surface area (Å²) in [4.78, 5) is 33.9. The Morgan fingerprint density at radius 3 is 2.64 bits per heavy atom. The van der Waals surface area contributed by atoms with E-state index in [-0.39, 0.29) is 43.1 Å². The van der Waals surface area contributed by atoms with Gasteiger partial charge in [0.05, 0.1) is 24.8 Å². The lowest BCUT2D eigenvalue weighted by Gasteiger charge is -2.37. The van der Waals surface area contributed by atoms with Gasteiger partial charge in [0.15, 0.2) is 0 Å². The normalized spacial score (nSPS) is 20.3. The Bertz CT molecular complexity index is 1230. The van der Waals surface area contributed by atoms with Crippen LogP contribution in [0.2, 0.25) is 0 Å². The van der Waals surface area contributed by atoms with Gasteiger partial charge in [-0.25, -0.2) is 9.78 Å². The number of carbonyl (C=O) groups excluding carboxylic acids is 2. The van der Waals surface area contributed by atoms with E-state index in [1.165, 1.54) is 17.0 Å². The van der Waals surface area contributed by atoms with E-state index < -0.39 is 29.9 Å². The number of aliphatic hydroxyl groups excluding tert-OH is 1. The topological polar surface area (TPSA) is 95.0 Å². The van der Waals surface area contributed by atoms with E-state index in [9.17, 15) is 27.9 Å². The Morgan fingerprint density at radius 1 is 1.31 bits per heavy atom. The highest BCUT2D eigenvalue weighted by Crippen LogP contribution is 2.33. The molecule has 1 aliphatic carbocycles. The zero-order valence-corrected chi connectivity index (χ0v) is 22.2. The molecule has 2 aliphatic rings. The van der Waals surface area contributed by atoms with Crippen molar-refractivity contribution >= 4 is 23.2 Å². The number of amides is 3. The SMILES string of the molecule is C[C@H](CO)N1C[C@H](C)[C@@H](CN(C)C(=O)Nc2ccc(C(F)(F)F)cc2)Oc2ncc(C3=CCCC3)cc2C1=O. The fourth-order valence-electron chi connectivity index (χ4n) is 4.74. The van der Waals surface area contributed by atoms with Gasteiger partial charge >= 0.3 is 12.2 Å². The number of urea groups is 1. The number of nitrogens with one attached hydrogen (secondary N) is 1. The molecule has 0 saturated heterocycles. The van der Waals surface area contributed by atoms with E-state index in [0.717, 1.165) is 42.5 Å². The van der Waals surface area contributed by atoms with Gasteiger partial charge in [-0.1, -0.05) is 13.0 Å². The van der Waals surface area contributed by atoms with Gasteiger partial charge in [-0.3, -0.25) is 4.79 Å². The second-order valence-corrected chi connectivity index (χ2v) is 10.2. The van der Waals surface area contributed by atoms with Crippen molar-refractivity contribution in [2.75, 3.05) is 32.1 Å². The molecule has 1 aromatic carbocycles. The number of benzene rings is 1. The summed E-state index contributed by atoms with van der Waals surface area (Å²) in [6.07, 6.45) is 1.74. The molecular weight excluding hydrogens is 513 g/mol. The number of nitrogens with zero attached hydrogens (tertiary/aromatic N) is 3. The predicted molar refractivity (Wildman–Crippen MR) is 140 cm³/mol. The van der Waals surface area contributed by atoms with Crippen molar-refractivity contribution < 1.29 is 32.6 Å². The first-order valence-electron chi connectivity index (χ1n) is 12.9. The number of halogens is 3. The first kappa shape index (κ1) is 28.4. The fraction of sp³-hybridized carbons (Fsp3) is 0.464. The molecule has 210 valence electrons. The monoisotopic (exact) mass is 546 g/mol. The highest BCUT2D eigenvalue weighted by molar-refractivity contribution is 5.97. The molecule has 0 saturated carbocycles. The molecule has 39 heavy (non-hydrogen) atoms. The van der Waals surface area contributed by atoms with Crippen LogP contribution in [-0.2, 0) is 6.18 Å². The molecule has 2 N–H and O–H groups in total. The Balaban J connectivity index is 1.55. The third kappa shape index (κ3) is 6.52. The Hall–Kier alpha value is -3.60. The number of hydrogen-bond acceptors (Lipinski definition) is 5. The van der Waals surface area contributed by atoms with E-state index >= 15 is 0 Å². The summed E-state index contributed by atoms with van der Waals surface area (Å²) >= 11 is 0. The van der Waals surface area contributed by atoms with E-state index in [1.54, 1.807) is 31.1 Å². The third-order valence-electron chi connectivity index (χ3n) is 7.20. The minimum absolute atomic E-state index is 0.122. The van der Waals surface area contributed by atoms with Gasteiger partial charge in [0.2, 0.25) is 5.88 Å². The zero-order valence-electron chi connectivity index (χ0n) is 22.2. The summed E-state index contributed by atoms with van der Waals surface area (Å²) < 4.78 is 44.8. The highest BCUT2D eigenvalue weighted by Gasteiger charge is 2.35. The molecule has 2 aromatic rings. The largest absolute Gasteiger partial charge is 0.472 e. The molecule has 1 aliphatic heterocycles. The smallest absolute Gasteiger partial charge is 0.416 e. The second-order valence-electron chi connectivity index (χ2n) is 10.2. The van der Waals surface area contributed by atoms with Crippen LogP contribution in [0.1, 0.15) is 54.6 Å². The second kappa shape index (κ2) is 11.6. The first-order valence-corrected chi connectivity index (χ1v) is 12.9. The Labute approximate surface area is 225 Å². The van der Waals surface area contributed by atoms with Gasteiger partial charge in [0.25, 0.3) is 5.91 Å². The zero-order chi connectivity index (χ0) is 28.3. The van der Waals surface area contributed by atoms with E-state index in [4.69, 9.17) is 4.74 Å². The number of aliphatic hydroxyl groups is 1. The van der Waals surface area contributed by atoms with Crippen LogP contribution in [0.5, 0.6) is 5.88 Å². The molecule has 0 spiro atoms. The van der Waals surface area contributed by atoms with E-state index in [1.807, 2.05) is 6.92 Å². The number of alkyl halides is 3. The predicted octanol–water partition coefficient (Wildman–Crippen LogP) is 5.05. The van der Waals surface area contributed by atoms with Crippen LogP contribution in [0.25, 0.3) is 5.57 Å². The third-order valence-corrected chi connectivity index (χ3v) is 7.20. The molecule has 8 nitrogen and oxygen atoms in total. The van der Waals surface area contributed by atoms with E-state index in [0.29, 0.717) is 5.56 Å². The summed E-state index contributed by atoms with van der Waals surface area (Å²) in [5, 5.41) is 12.4.